The number of halogens is 3. The quantitative estimate of drug-likeness (QED) is 0.797. The molecule has 2 atom stereocenters. The van der Waals surface area contributed by atoms with Gasteiger partial charge < -0.3 is 15.7 Å². The molecule has 1 heterocycles. The molecule has 3 N–H and O–H groups in total. The molecule has 3 rings (SSSR count). The highest BCUT2D eigenvalue weighted by atomic mass is 19.4. The van der Waals surface area contributed by atoms with E-state index < -0.39 is 17.8 Å². The molecule has 132 valence electrons. The fraction of sp³-hybridized carbons (Fsp3) is 0.278. The normalized spacial score (nSPS) is 20.5. The molecular weight excluding hydrogens is 333 g/mol. The summed E-state index contributed by atoms with van der Waals surface area (Å²) in [7, 11) is 0. The van der Waals surface area contributed by atoms with Gasteiger partial charge in [0.25, 0.3) is 5.91 Å². The van der Waals surface area contributed by atoms with Crippen molar-refractivity contribution in [2.24, 2.45) is 0 Å². The number of amides is 1. The Bertz CT molecular complexity index is 760. The summed E-state index contributed by atoms with van der Waals surface area (Å²) in [4.78, 5) is 12.2. The van der Waals surface area contributed by atoms with Crippen molar-refractivity contribution >= 4 is 5.91 Å². The Labute approximate surface area is 142 Å². The zero-order valence-electron chi connectivity index (χ0n) is 13.2. The van der Waals surface area contributed by atoms with E-state index in [0.717, 1.165) is 12.1 Å². The van der Waals surface area contributed by atoms with Crippen LogP contribution in [0, 0.1) is 0 Å². The van der Waals surface area contributed by atoms with Crippen LogP contribution in [-0.2, 0) is 6.18 Å². The van der Waals surface area contributed by atoms with Gasteiger partial charge in [-0.1, -0.05) is 24.3 Å². The van der Waals surface area contributed by atoms with Crippen LogP contribution in [0.3, 0.4) is 0 Å². The Morgan fingerprint density at radius 1 is 1.08 bits per heavy atom. The summed E-state index contributed by atoms with van der Waals surface area (Å²) in [6.07, 6.45) is -5.03. The highest BCUT2D eigenvalue weighted by molar-refractivity contribution is 5.95. The van der Waals surface area contributed by atoms with E-state index >= 15 is 0 Å². The van der Waals surface area contributed by atoms with Crippen molar-refractivity contribution in [1.29, 1.82) is 0 Å². The molecule has 1 saturated heterocycles. The molecule has 1 amide bonds. The SMILES string of the molecule is O=C(N[C@@H]1CNC[C@H]1O)c1ccc(-c2cccc(C(F)(F)F)c2)cc1. The van der Waals surface area contributed by atoms with Crippen molar-refractivity contribution in [2.45, 2.75) is 18.3 Å². The lowest BCUT2D eigenvalue weighted by Crippen LogP contribution is -2.42. The Morgan fingerprint density at radius 2 is 1.80 bits per heavy atom. The molecule has 1 aliphatic rings. The van der Waals surface area contributed by atoms with Crippen molar-refractivity contribution in [3.05, 3.63) is 59.7 Å². The van der Waals surface area contributed by atoms with Gasteiger partial charge in [0.1, 0.15) is 0 Å². The summed E-state index contributed by atoms with van der Waals surface area (Å²) in [6, 6.07) is 11.0. The fourth-order valence-electron chi connectivity index (χ4n) is 2.75. The summed E-state index contributed by atoms with van der Waals surface area (Å²) in [6.45, 7) is 0.925. The van der Waals surface area contributed by atoms with E-state index in [0.29, 0.717) is 29.8 Å². The van der Waals surface area contributed by atoms with Gasteiger partial charge in [0.2, 0.25) is 0 Å². The van der Waals surface area contributed by atoms with Gasteiger partial charge in [-0.15, -0.1) is 0 Å². The molecule has 0 bridgehead atoms. The third kappa shape index (κ3) is 4.00. The van der Waals surface area contributed by atoms with E-state index in [4.69, 9.17) is 0 Å². The number of β-amino-alcohol motifs (C(OH)–C–C–N with tert-alkyl or cyclic N) is 1. The van der Waals surface area contributed by atoms with E-state index in [2.05, 4.69) is 10.6 Å². The maximum Gasteiger partial charge on any atom is 0.416 e. The lowest BCUT2D eigenvalue weighted by molar-refractivity contribution is -0.137. The average Bonchev–Trinajstić information content (AvgIpc) is 2.99. The van der Waals surface area contributed by atoms with Crippen molar-refractivity contribution in [3.8, 4) is 11.1 Å². The van der Waals surface area contributed by atoms with Gasteiger partial charge in [-0.2, -0.15) is 13.2 Å². The highest BCUT2D eigenvalue weighted by Crippen LogP contribution is 2.32. The predicted octanol–water partition coefficient (Wildman–Crippen LogP) is 2.43. The van der Waals surface area contributed by atoms with Crippen LogP contribution < -0.4 is 10.6 Å². The fourth-order valence-corrected chi connectivity index (χ4v) is 2.75. The first kappa shape index (κ1) is 17.4. The van der Waals surface area contributed by atoms with Gasteiger partial charge in [0.15, 0.2) is 0 Å². The first-order chi connectivity index (χ1) is 11.8. The number of aliphatic hydroxyl groups excluding tert-OH is 1. The van der Waals surface area contributed by atoms with E-state index in [1.807, 2.05) is 0 Å². The minimum Gasteiger partial charge on any atom is -0.390 e. The van der Waals surface area contributed by atoms with Gasteiger partial charge >= 0.3 is 6.18 Å². The Morgan fingerprint density at radius 3 is 2.40 bits per heavy atom. The van der Waals surface area contributed by atoms with Crippen LogP contribution >= 0.6 is 0 Å². The molecule has 2 aromatic carbocycles. The average molecular weight is 350 g/mol. The molecule has 0 aliphatic carbocycles. The maximum atomic E-state index is 12.8. The molecular formula is C18H17F3N2O2. The Kier molecular flexibility index (Phi) is 4.78. The third-order valence-electron chi connectivity index (χ3n) is 4.17. The smallest absolute Gasteiger partial charge is 0.390 e. The molecule has 0 radical (unpaired) electrons. The van der Waals surface area contributed by atoms with Crippen LogP contribution in [0.4, 0.5) is 13.2 Å². The topological polar surface area (TPSA) is 61.4 Å². The third-order valence-corrected chi connectivity index (χ3v) is 4.17. The summed E-state index contributed by atoms with van der Waals surface area (Å²) < 4.78 is 38.4. The lowest BCUT2D eigenvalue weighted by Gasteiger charge is -2.15. The molecule has 2 aromatic rings. The molecule has 0 unspecified atom stereocenters. The van der Waals surface area contributed by atoms with Crippen molar-refractivity contribution in [2.75, 3.05) is 13.1 Å². The molecule has 0 aromatic heterocycles. The van der Waals surface area contributed by atoms with Crippen molar-refractivity contribution < 1.29 is 23.1 Å². The number of rotatable bonds is 3. The number of aliphatic hydroxyl groups is 1. The minimum absolute atomic E-state index is 0.330. The summed E-state index contributed by atoms with van der Waals surface area (Å²) in [5.41, 5.74) is 0.687. The van der Waals surface area contributed by atoms with Crippen LogP contribution in [0.15, 0.2) is 48.5 Å². The first-order valence-electron chi connectivity index (χ1n) is 7.82. The van der Waals surface area contributed by atoms with E-state index in [1.165, 1.54) is 6.07 Å². The van der Waals surface area contributed by atoms with Crippen molar-refractivity contribution in [1.82, 2.24) is 10.6 Å². The maximum absolute atomic E-state index is 12.8. The van der Waals surface area contributed by atoms with Crippen LogP contribution in [0.5, 0.6) is 0 Å². The van der Waals surface area contributed by atoms with E-state index in [1.54, 1.807) is 30.3 Å². The standard InChI is InChI=1S/C18H17F3N2O2/c19-18(20,21)14-3-1-2-13(8-14)11-4-6-12(7-5-11)17(25)23-15-9-22-10-16(15)24/h1-8,15-16,22,24H,9-10H2,(H,23,25)/t15-,16-/m1/s1. The van der Waals surface area contributed by atoms with Gasteiger partial charge in [-0.05, 0) is 35.4 Å². The lowest BCUT2D eigenvalue weighted by atomic mass is 10.0. The molecule has 1 aliphatic heterocycles. The number of carbonyl (C=O) groups is 1. The number of hydrogen-bond acceptors (Lipinski definition) is 3. The summed E-state index contributed by atoms with van der Waals surface area (Å²) in [5.74, 6) is -0.330. The summed E-state index contributed by atoms with van der Waals surface area (Å²) in [5, 5.41) is 15.4. The van der Waals surface area contributed by atoms with Gasteiger partial charge in [-0.25, -0.2) is 0 Å². The van der Waals surface area contributed by atoms with Crippen LogP contribution in [0.2, 0.25) is 0 Å². The second-order valence-corrected chi connectivity index (χ2v) is 5.96. The van der Waals surface area contributed by atoms with Gasteiger partial charge in [-0.3, -0.25) is 4.79 Å². The van der Waals surface area contributed by atoms with Crippen LogP contribution in [-0.4, -0.2) is 36.2 Å². The molecule has 0 spiro atoms. The van der Waals surface area contributed by atoms with E-state index in [-0.39, 0.29) is 11.9 Å². The second kappa shape index (κ2) is 6.85. The first-order valence-corrected chi connectivity index (χ1v) is 7.82. The number of benzene rings is 2. The van der Waals surface area contributed by atoms with Crippen LogP contribution in [0.1, 0.15) is 15.9 Å². The Balaban J connectivity index is 1.75. The van der Waals surface area contributed by atoms with E-state index in [9.17, 15) is 23.1 Å². The minimum atomic E-state index is -4.40. The molecule has 4 nitrogen and oxygen atoms in total. The molecule has 7 heteroatoms. The number of hydrogen-bond donors (Lipinski definition) is 3. The summed E-state index contributed by atoms with van der Waals surface area (Å²) >= 11 is 0. The predicted molar refractivity (Wildman–Crippen MR) is 87.0 cm³/mol. The van der Waals surface area contributed by atoms with Crippen molar-refractivity contribution in [3.63, 3.8) is 0 Å². The largest absolute Gasteiger partial charge is 0.416 e. The Hall–Kier alpha value is -2.38. The monoisotopic (exact) mass is 350 g/mol. The van der Waals surface area contributed by atoms with Gasteiger partial charge in [0.05, 0.1) is 17.7 Å². The van der Waals surface area contributed by atoms with Gasteiger partial charge in [0, 0.05) is 18.7 Å². The molecule has 25 heavy (non-hydrogen) atoms. The number of alkyl halides is 3. The number of carbonyl (C=O) groups excluding carboxylic acids is 1. The molecule has 0 saturated carbocycles. The second-order valence-electron chi connectivity index (χ2n) is 5.96. The zero-order chi connectivity index (χ0) is 18.0. The highest BCUT2D eigenvalue weighted by Gasteiger charge is 2.30. The molecule has 1 fully saturated rings. The number of nitrogens with one attached hydrogen (secondary N) is 2. The van der Waals surface area contributed by atoms with Crippen LogP contribution in [0.25, 0.3) is 11.1 Å². The zero-order valence-corrected chi connectivity index (χ0v) is 13.2.